The van der Waals surface area contributed by atoms with Crippen LogP contribution >= 0.6 is 0 Å². The van der Waals surface area contributed by atoms with Gasteiger partial charge in [0.25, 0.3) is 6.71 Å². The molecular formula is C94H111BN4. The van der Waals surface area contributed by atoms with Crippen molar-refractivity contribution in [3.05, 3.63) is 245 Å². The fourth-order valence-corrected chi connectivity index (χ4v) is 18.9. The molecule has 5 heteroatoms. The molecule has 4 nitrogen and oxygen atoms in total. The molecule has 0 bridgehead atoms. The molecule has 0 fully saturated rings. The molecule has 510 valence electrons. The van der Waals surface area contributed by atoms with Gasteiger partial charge in [-0.2, -0.15) is 0 Å². The highest BCUT2D eigenvalue weighted by Crippen LogP contribution is 2.54. The maximum absolute atomic E-state index is 3.02. The average molecular weight is 1310 g/mol. The van der Waals surface area contributed by atoms with Crippen molar-refractivity contribution in [2.75, 3.05) is 19.6 Å². The van der Waals surface area contributed by atoms with Gasteiger partial charge in [-0.3, -0.25) is 0 Å². The first-order chi connectivity index (χ1) is 47.7. The quantitative estimate of drug-likeness (QED) is 0.0893. The summed E-state index contributed by atoms with van der Waals surface area (Å²) in [7, 11) is 0. The van der Waals surface area contributed by atoms with E-state index in [1.165, 1.54) is 173 Å². The number of anilines is 10. The highest BCUT2D eigenvalue weighted by atomic mass is 15.2. The van der Waals surface area contributed by atoms with Gasteiger partial charge in [-0.05, 0) is 284 Å². The van der Waals surface area contributed by atoms with Crippen LogP contribution in [0.25, 0.3) is 0 Å². The number of allylic oxidation sites excluding steroid dienone is 8. The summed E-state index contributed by atoms with van der Waals surface area (Å²) >= 11 is 0. The predicted octanol–water partition coefficient (Wildman–Crippen LogP) is 24.4. The van der Waals surface area contributed by atoms with E-state index in [0.29, 0.717) is 23.7 Å². The van der Waals surface area contributed by atoms with Crippen molar-refractivity contribution in [1.82, 2.24) is 0 Å². The van der Waals surface area contributed by atoms with Gasteiger partial charge in [0.15, 0.2) is 0 Å². The molecule has 0 saturated carbocycles. The van der Waals surface area contributed by atoms with Gasteiger partial charge in [0.2, 0.25) is 0 Å². The summed E-state index contributed by atoms with van der Waals surface area (Å²) in [6.07, 6.45) is 42.4. The number of rotatable bonds is 12. The van der Waals surface area contributed by atoms with Gasteiger partial charge >= 0.3 is 0 Å². The first-order valence-corrected chi connectivity index (χ1v) is 38.8. The molecule has 0 spiro atoms. The Morgan fingerprint density at radius 3 is 1.01 bits per heavy atom. The van der Waals surface area contributed by atoms with Crippen LogP contribution in [0.4, 0.5) is 56.9 Å². The zero-order valence-electron chi connectivity index (χ0n) is 62.1. The zero-order chi connectivity index (χ0) is 68.5. The molecular weight excluding hydrogens is 1200 g/mol. The van der Waals surface area contributed by atoms with Crippen LogP contribution in [0, 0.1) is 23.7 Å². The van der Waals surface area contributed by atoms with Crippen LogP contribution in [0.1, 0.15) is 221 Å². The third-order valence-corrected chi connectivity index (χ3v) is 24.3. The van der Waals surface area contributed by atoms with Crippen molar-refractivity contribution in [1.29, 1.82) is 0 Å². The lowest BCUT2D eigenvalue weighted by atomic mass is 9.33. The van der Waals surface area contributed by atoms with E-state index in [4.69, 9.17) is 0 Å². The first kappa shape index (κ1) is 67.1. The zero-order valence-corrected chi connectivity index (χ0v) is 62.1. The van der Waals surface area contributed by atoms with Crippen LogP contribution in [0.15, 0.2) is 223 Å². The van der Waals surface area contributed by atoms with Crippen LogP contribution < -0.4 is 36.0 Å². The van der Waals surface area contributed by atoms with E-state index in [9.17, 15) is 0 Å². The van der Waals surface area contributed by atoms with Crippen molar-refractivity contribution in [2.45, 2.75) is 232 Å². The molecule has 6 aliphatic carbocycles. The Morgan fingerprint density at radius 1 is 0.343 bits per heavy atom. The summed E-state index contributed by atoms with van der Waals surface area (Å²) in [5.41, 5.74) is 29.2. The molecule has 15 rings (SSSR count). The largest absolute Gasteiger partial charge is 0.334 e. The van der Waals surface area contributed by atoms with Crippen molar-refractivity contribution < 1.29 is 0 Å². The number of hydrogen-bond donors (Lipinski definition) is 0. The number of benzene rings is 7. The van der Waals surface area contributed by atoms with E-state index in [1.807, 2.05) is 0 Å². The molecule has 2 aliphatic heterocycles. The molecule has 7 aromatic carbocycles. The monoisotopic (exact) mass is 1310 g/mol. The average Bonchev–Trinajstić information content (AvgIpc) is 0.692. The Balaban J connectivity index is 1.01. The first-order valence-electron chi connectivity index (χ1n) is 38.8. The fraction of sp³-hybridized carbons (Fsp3) is 0.426. The van der Waals surface area contributed by atoms with E-state index >= 15 is 0 Å². The molecule has 7 aromatic rings. The lowest BCUT2D eigenvalue weighted by Crippen LogP contribution is -2.65. The summed E-state index contributed by atoms with van der Waals surface area (Å²) in [5.74, 6) is 1.78. The van der Waals surface area contributed by atoms with Crippen molar-refractivity contribution in [3.63, 3.8) is 0 Å². The predicted molar refractivity (Wildman–Crippen MR) is 428 cm³/mol. The molecule has 99 heavy (non-hydrogen) atoms. The lowest BCUT2D eigenvalue weighted by molar-refractivity contribution is 0.391. The molecule has 6 atom stereocenters. The maximum atomic E-state index is 3.02. The second-order valence-corrected chi connectivity index (χ2v) is 34.9. The van der Waals surface area contributed by atoms with Gasteiger partial charge in [0.05, 0.1) is 12.1 Å². The molecule has 2 heterocycles. The third-order valence-electron chi connectivity index (χ3n) is 24.3. The van der Waals surface area contributed by atoms with Gasteiger partial charge in [0, 0.05) is 68.7 Å². The van der Waals surface area contributed by atoms with Crippen LogP contribution in [0.3, 0.4) is 0 Å². The Kier molecular flexibility index (Phi) is 18.3. The minimum Gasteiger partial charge on any atom is -0.334 e. The Labute approximate surface area is 596 Å². The second kappa shape index (κ2) is 27.0. The number of hydrogen-bond acceptors (Lipinski definition) is 4. The normalized spacial score (nSPS) is 22.5. The smallest absolute Gasteiger partial charge is 0.252 e. The summed E-state index contributed by atoms with van der Waals surface area (Å²) in [6.45, 7) is 28.0. The van der Waals surface area contributed by atoms with Gasteiger partial charge < -0.3 is 19.6 Å². The molecule has 8 aliphatic rings. The highest BCUT2D eigenvalue weighted by Gasteiger charge is 2.51. The topological polar surface area (TPSA) is 13.0 Å². The molecule has 0 radical (unpaired) electrons. The Hall–Kier alpha value is -7.76. The van der Waals surface area contributed by atoms with Crippen molar-refractivity contribution in [3.8, 4) is 0 Å². The summed E-state index contributed by atoms with van der Waals surface area (Å²) < 4.78 is 0. The van der Waals surface area contributed by atoms with E-state index in [1.54, 1.807) is 22.3 Å². The van der Waals surface area contributed by atoms with Gasteiger partial charge in [-0.15, -0.1) is 0 Å². The molecule has 0 aromatic heterocycles. The maximum Gasteiger partial charge on any atom is 0.252 e. The van der Waals surface area contributed by atoms with E-state index in [-0.39, 0.29) is 40.5 Å². The van der Waals surface area contributed by atoms with E-state index < -0.39 is 0 Å². The number of fused-ring (bicyclic) bond motifs is 4. The second-order valence-electron chi connectivity index (χ2n) is 34.9. The lowest BCUT2D eigenvalue weighted by Gasteiger charge is -2.53. The van der Waals surface area contributed by atoms with Gasteiger partial charge in [-0.1, -0.05) is 210 Å². The Morgan fingerprint density at radius 2 is 0.697 bits per heavy atom. The summed E-state index contributed by atoms with van der Waals surface area (Å²) in [5, 5.41) is 0. The van der Waals surface area contributed by atoms with Crippen molar-refractivity contribution >= 4 is 80.0 Å². The van der Waals surface area contributed by atoms with Crippen LogP contribution in [-0.4, -0.2) is 18.8 Å². The van der Waals surface area contributed by atoms with Crippen LogP contribution in [0.5, 0.6) is 0 Å². The Bertz CT molecular complexity index is 3910. The van der Waals surface area contributed by atoms with Gasteiger partial charge in [0.1, 0.15) is 0 Å². The minimum atomic E-state index is -0.0325. The number of nitrogens with zero attached hydrogens (tertiary/aromatic N) is 4. The summed E-state index contributed by atoms with van der Waals surface area (Å²) in [4.78, 5) is 11.2. The molecule has 0 amide bonds. The van der Waals surface area contributed by atoms with Crippen LogP contribution in [-0.2, 0) is 21.7 Å². The van der Waals surface area contributed by atoms with Crippen LogP contribution in [0.2, 0.25) is 0 Å². The van der Waals surface area contributed by atoms with Crippen molar-refractivity contribution in [2.24, 2.45) is 23.7 Å². The van der Waals surface area contributed by atoms with E-state index in [2.05, 4.69) is 303 Å². The van der Waals surface area contributed by atoms with Gasteiger partial charge in [-0.25, -0.2) is 0 Å². The fourth-order valence-electron chi connectivity index (χ4n) is 18.9. The standard InChI is InChI=1S/C94H111BN4/c1-91(2,3)68-42-50-72(51-43-68)96(73-52-44-69(45-53-73)92(4,5)6)76-58-60-82-86(62-76)98(89-78(64-28-17-13-18-29-64)36-25-37-79(89)65-30-19-14-20-31-65)84-40-27-41-85-88(84)95(82)83-61-59-77(97(74-54-46-70(47-55-74)93(7,8)9)75-56-48-71(49-57-75)94(10,11)12)63-87(83)99(85)90-80(66-32-21-15-22-33-66)38-26-39-81(90)67-34-23-16-24-35-67/h13,15,17,21,27,30,34,36,38,40-64,66,79,81,89-90H,14,16,18-20,22-26,28-29,31-33,35,37,39H2,1-12H3. The highest BCUT2D eigenvalue weighted by molar-refractivity contribution is 7.00. The van der Waals surface area contributed by atoms with E-state index in [0.717, 1.165) is 38.5 Å². The third kappa shape index (κ3) is 13.0. The SMILES string of the molecule is CC(C)(C)c1ccc(N(c2ccc(C(C)(C)C)cc2)c2ccc3c(c2)N(C2C(C4CC=CCC4)=CCCC2C2=CCCCC2)c2cccc4c2B3c2ccc(N(c3ccc(C(C)(C)C)cc3)c3ccc(C(C)(C)C)cc3)cc2N4C2C(C3CC=CCC3)=CCCC2C2=CCCCC2)cc1. The molecule has 0 N–H and O–H groups in total. The molecule has 6 unspecified atom stereocenters. The molecule has 0 saturated heterocycles. The minimum absolute atomic E-state index is 0.0242. The summed E-state index contributed by atoms with van der Waals surface area (Å²) in [6, 6.07) is 61.8.